The summed E-state index contributed by atoms with van der Waals surface area (Å²) in [4.78, 5) is 0. The van der Waals surface area contributed by atoms with E-state index in [0.29, 0.717) is 19.6 Å². The van der Waals surface area contributed by atoms with E-state index in [2.05, 4.69) is 20.8 Å². The molecule has 0 aliphatic heterocycles. The van der Waals surface area contributed by atoms with Crippen LogP contribution in [0.3, 0.4) is 0 Å². The third kappa shape index (κ3) is 13.3. The van der Waals surface area contributed by atoms with Gasteiger partial charge in [0.25, 0.3) is 0 Å². The van der Waals surface area contributed by atoms with Crippen molar-refractivity contribution in [1.29, 1.82) is 0 Å². The lowest BCUT2D eigenvalue weighted by Crippen LogP contribution is -2.39. The van der Waals surface area contributed by atoms with Gasteiger partial charge in [0.1, 0.15) is 17.6 Å². The molecule has 0 aromatic heterocycles. The minimum Gasteiger partial charge on any atom is -0.497 e. The topological polar surface area (TPSA) is 55.4 Å². The molecule has 0 spiro atoms. The molecule has 0 aliphatic rings. The zero-order valence-electron chi connectivity index (χ0n) is 21.0. The van der Waals surface area contributed by atoms with Crippen LogP contribution in [0.4, 0.5) is 0 Å². The van der Waals surface area contributed by atoms with Gasteiger partial charge in [0.05, 0.1) is 26.4 Å². The Hall–Kier alpha value is -1.34. The Morgan fingerprint density at radius 3 is 1.97 bits per heavy atom. The summed E-state index contributed by atoms with van der Waals surface area (Å²) in [7, 11) is 1.65. The number of benzene rings is 1. The quantitative estimate of drug-likeness (QED) is 0.167. The van der Waals surface area contributed by atoms with Gasteiger partial charge in [0.15, 0.2) is 0 Å². The average Bonchev–Trinajstić information content (AvgIpc) is 2.81. The molecule has 0 fully saturated rings. The molecule has 186 valence electrons. The predicted molar refractivity (Wildman–Crippen MR) is 129 cm³/mol. The van der Waals surface area contributed by atoms with E-state index in [1.165, 1.54) is 0 Å². The molecule has 6 heteroatoms. The smallest absolute Gasteiger partial charge is 0.202 e. The molecular formula is C26H46O6. The number of hydrogen-bond donors (Lipinski definition) is 0. The van der Waals surface area contributed by atoms with Gasteiger partial charge < -0.3 is 28.4 Å². The summed E-state index contributed by atoms with van der Waals surface area (Å²) in [6.07, 6.45) is 6.31. The fourth-order valence-electron chi connectivity index (χ4n) is 2.94. The Labute approximate surface area is 195 Å². The lowest BCUT2D eigenvalue weighted by Gasteiger charge is -2.29. The van der Waals surface area contributed by atoms with Crippen LogP contribution in [0.15, 0.2) is 24.3 Å². The monoisotopic (exact) mass is 454 g/mol. The molecule has 32 heavy (non-hydrogen) atoms. The van der Waals surface area contributed by atoms with E-state index in [9.17, 15) is 0 Å². The zero-order valence-corrected chi connectivity index (χ0v) is 21.0. The molecule has 0 heterocycles. The molecule has 0 radical (unpaired) electrons. The summed E-state index contributed by atoms with van der Waals surface area (Å²) in [6.45, 7) is 11.8. The first kappa shape index (κ1) is 28.7. The number of ether oxygens (including phenoxy) is 6. The average molecular weight is 455 g/mol. The third-order valence-electron chi connectivity index (χ3n) is 5.12. The summed E-state index contributed by atoms with van der Waals surface area (Å²) < 4.78 is 35.5. The zero-order chi connectivity index (χ0) is 23.4. The second-order valence-corrected chi connectivity index (χ2v) is 8.01. The Bertz CT molecular complexity index is 536. The lowest BCUT2D eigenvalue weighted by molar-refractivity contribution is -0.182. The maximum atomic E-state index is 6.41. The Morgan fingerprint density at radius 1 is 0.750 bits per heavy atom. The molecular weight excluding hydrogens is 408 g/mol. The highest BCUT2D eigenvalue weighted by Crippen LogP contribution is 2.21. The van der Waals surface area contributed by atoms with E-state index in [4.69, 9.17) is 28.4 Å². The molecule has 3 atom stereocenters. The molecule has 0 saturated heterocycles. The first-order valence-electron chi connectivity index (χ1n) is 12.4. The second kappa shape index (κ2) is 19.2. The van der Waals surface area contributed by atoms with Gasteiger partial charge in [-0.25, -0.2) is 0 Å². The van der Waals surface area contributed by atoms with E-state index < -0.39 is 6.29 Å². The lowest BCUT2D eigenvalue weighted by atomic mass is 10.2. The largest absolute Gasteiger partial charge is 0.497 e. The highest BCUT2D eigenvalue weighted by Gasteiger charge is 2.25. The molecule has 6 nitrogen and oxygen atoms in total. The standard InChI is InChI=1S/C26H46O6/c1-6-9-17-28-20-16-26(31-24-14-12-23(27-5)13-15-24)32-25(21-29-18-10-7-2)22(4)30-19-11-8-3/h12-15,22,25-26H,6-11,16-21H2,1-5H3/t22-,25?,26+/m0/s1. The maximum absolute atomic E-state index is 6.41. The summed E-state index contributed by atoms with van der Waals surface area (Å²) in [6, 6.07) is 7.54. The van der Waals surface area contributed by atoms with Crippen LogP contribution in [0.1, 0.15) is 72.6 Å². The van der Waals surface area contributed by atoms with E-state index in [-0.39, 0.29) is 12.2 Å². The predicted octanol–water partition coefficient (Wildman–Crippen LogP) is 6.01. The van der Waals surface area contributed by atoms with Gasteiger partial charge in [-0.05, 0) is 50.5 Å². The van der Waals surface area contributed by atoms with Crippen molar-refractivity contribution in [1.82, 2.24) is 0 Å². The van der Waals surface area contributed by atoms with Crippen molar-refractivity contribution in [2.24, 2.45) is 0 Å². The normalized spacial score (nSPS) is 14.2. The number of unbranched alkanes of at least 4 members (excludes halogenated alkanes) is 3. The first-order chi connectivity index (χ1) is 15.6. The van der Waals surface area contributed by atoms with Crippen LogP contribution in [-0.2, 0) is 18.9 Å². The summed E-state index contributed by atoms with van der Waals surface area (Å²) in [5, 5.41) is 0. The van der Waals surface area contributed by atoms with Crippen molar-refractivity contribution in [3.63, 3.8) is 0 Å². The van der Waals surface area contributed by atoms with Crippen molar-refractivity contribution in [3.8, 4) is 11.5 Å². The van der Waals surface area contributed by atoms with Crippen molar-refractivity contribution in [2.45, 2.75) is 91.1 Å². The second-order valence-electron chi connectivity index (χ2n) is 8.01. The van der Waals surface area contributed by atoms with Crippen LogP contribution in [-0.4, -0.2) is 58.6 Å². The molecule has 0 N–H and O–H groups in total. The summed E-state index contributed by atoms with van der Waals surface area (Å²) in [5.41, 5.74) is 0. The fourth-order valence-corrected chi connectivity index (χ4v) is 2.94. The summed E-state index contributed by atoms with van der Waals surface area (Å²) >= 11 is 0. The molecule has 0 bridgehead atoms. The van der Waals surface area contributed by atoms with Gasteiger partial charge in [-0.1, -0.05) is 40.0 Å². The van der Waals surface area contributed by atoms with Gasteiger partial charge >= 0.3 is 0 Å². The molecule has 0 amide bonds. The molecule has 1 aromatic rings. The number of rotatable bonds is 21. The Kier molecular flexibility index (Phi) is 17.2. The number of hydrogen-bond acceptors (Lipinski definition) is 6. The summed E-state index contributed by atoms with van der Waals surface area (Å²) in [5.74, 6) is 1.52. The van der Waals surface area contributed by atoms with Crippen LogP contribution in [0.5, 0.6) is 11.5 Å². The Morgan fingerprint density at radius 2 is 1.34 bits per heavy atom. The molecule has 1 unspecified atom stereocenters. The Balaban J connectivity index is 2.77. The number of methoxy groups -OCH3 is 1. The van der Waals surface area contributed by atoms with Crippen molar-refractivity contribution >= 4 is 0 Å². The minimum atomic E-state index is -0.456. The van der Waals surface area contributed by atoms with Crippen LogP contribution < -0.4 is 9.47 Å². The molecule has 0 saturated carbocycles. The van der Waals surface area contributed by atoms with Gasteiger partial charge in [-0.2, -0.15) is 0 Å². The molecule has 1 aromatic carbocycles. The van der Waals surface area contributed by atoms with Crippen molar-refractivity contribution in [2.75, 3.05) is 40.1 Å². The SMILES string of the molecule is CCCCOCC[C@H](Oc1ccc(OC)cc1)OC(COCCCC)[C@H](C)OCCCC. The maximum Gasteiger partial charge on any atom is 0.202 e. The van der Waals surface area contributed by atoms with E-state index in [0.717, 1.165) is 69.8 Å². The molecule has 0 aliphatic carbocycles. The van der Waals surface area contributed by atoms with Crippen molar-refractivity contribution in [3.05, 3.63) is 24.3 Å². The van der Waals surface area contributed by atoms with Gasteiger partial charge in [-0.3, -0.25) is 0 Å². The van der Waals surface area contributed by atoms with E-state index in [1.54, 1.807) is 7.11 Å². The van der Waals surface area contributed by atoms with Crippen molar-refractivity contribution < 1.29 is 28.4 Å². The van der Waals surface area contributed by atoms with Crippen LogP contribution in [0.2, 0.25) is 0 Å². The van der Waals surface area contributed by atoms with Gasteiger partial charge in [-0.15, -0.1) is 0 Å². The van der Waals surface area contributed by atoms with Gasteiger partial charge in [0, 0.05) is 26.2 Å². The first-order valence-corrected chi connectivity index (χ1v) is 12.4. The van der Waals surface area contributed by atoms with Crippen LogP contribution >= 0.6 is 0 Å². The van der Waals surface area contributed by atoms with E-state index >= 15 is 0 Å². The highest BCUT2D eigenvalue weighted by atomic mass is 16.7. The third-order valence-corrected chi connectivity index (χ3v) is 5.12. The van der Waals surface area contributed by atoms with E-state index in [1.807, 2.05) is 31.2 Å². The fraction of sp³-hybridized carbons (Fsp3) is 0.769. The van der Waals surface area contributed by atoms with Crippen LogP contribution in [0.25, 0.3) is 0 Å². The molecule has 1 rings (SSSR count). The van der Waals surface area contributed by atoms with Gasteiger partial charge in [0.2, 0.25) is 6.29 Å². The minimum absolute atomic E-state index is 0.0915. The highest BCUT2D eigenvalue weighted by molar-refractivity contribution is 5.31. The van der Waals surface area contributed by atoms with Crippen LogP contribution in [0, 0.1) is 0 Å².